The summed E-state index contributed by atoms with van der Waals surface area (Å²) in [6.45, 7) is 0. The molecule has 2 aromatic rings. The maximum atomic E-state index is 11.8. The van der Waals surface area contributed by atoms with E-state index in [9.17, 15) is 9.59 Å². The van der Waals surface area contributed by atoms with Crippen LogP contribution in [0, 0.1) is 0 Å². The van der Waals surface area contributed by atoms with Crippen molar-refractivity contribution in [1.29, 1.82) is 0 Å². The van der Waals surface area contributed by atoms with Crippen LogP contribution in [0.3, 0.4) is 0 Å². The number of hydrogen-bond donors (Lipinski definition) is 1. The van der Waals surface area contributed by atoms with E-state index in [-0.39, 0.29) is 18.2 Å². The van der Waals surface area contributed by atoms with Crippen molar-refractivity contribution in [3.63, 3.8) is 0 Å². The zero-order chi connectivity index (χ0) is 14.7. The topological polar surface area (TPSA) is 62.3 Å². The molecule has 0 aliphatic carbocycles. The lowest BCUT2D eigenvalue weighted by Gasteiger charge is -2.07. The van der Waals surface area contributed by atoms with Crippen molar-refractivity contribution in [2.75, 3.05) is 21.1 Å². The van der Waals surface area contributed by atoms with Gasteiger partial charge in [0.2, 0.25) is 5.91 Å². The average molecular weight is 309 g/mol. The van der Waals surface area contributed by atoms with Crippen LogP contribution < -0.4 is 5.32 Å². The van der Waals surface area contributed by atoms with Gasteiger partial charge in [0.25, 0.3) is 5.91 Å². The second-order valence-electron chi connectivity index (χ2n) is 4.38. The van der Waals surface area contributed by atoms with Gasteiger partial charge in [0, 0.05) is 31.9 Å². The molecule has 0 aliphatic rings. The Morgan fingerprint density at radius 1 is 1.30 bits per heavy atom. The molecule has 2 rings (SSSR count). The Balaban J connectivity index is 2.16. The van der Waals surface area contributed by atoms with Crippen LogP contribution in [-0.4, -0.2) is 42.8 Å². The third kappa shape index (κ3) is 3.23. The van der Waals surface area contributed by atoms with Crippen LogP contribution in [0.4, 0.5) is 0 Å². The number of aromatic nitrogens is 1. The fourth-order valence-electron chi connectivity index (χ4n) is 1.57. The van der Waals surface area contributed by atoms with Crippen LogP contribution in [-0.2, 0) is 11.2 Å². The molecular weight excluding hydrogens is 294 g/mol. The molecule has 20 heavy (non-hydrogen) atoms. The zero-order valence-corrected chi connectivity index (χ0v) is 13.1. The van der Waals surface area contributed by atoms with E-state index in [1.54, 1.807) is 26.0 Å². The first kappa shape index (κ1) is 14.7. The van der Waals surface area contributed by atoms with Crippen molar-refractivity contribution >= 4 is 34.5 Å². The Bertz CT molecular complexity index is 631. The maximum absolute atomic E-state index is 11.8. The number of thiophene rings is 1. The van der Waals surface area contributed by atoms with Crippen LogP contribution in [0.15, 0.2) is 16.8 Å². The number of carbonyl (C=O) groups is 2. The molecule has 0 saturated carbocycles. The highest BCUT2D eigenvalue weighted by Crippen LogP contribution is 2.29. The molecule has 0 spiro atoms. The lowest BCUT2D eigenvalue weighted by atomic mass is 10.2. The van der Waals surface area contributed by atoms with E-state index in [2.05, 4.69) is 10.3 Å². The van der Waals surface area contributed by atoms with Crippen LogP contribution >= 0.6 is 22.7 Å². The summed E-state index contributed by atoms with van der Waals surface area (Å²) in [5.41, 5.74) is 1.48. The van der Waals surface area contributed by atoms with Crippen LogP contribution in [0.1, 0.15) is 15.4 Å². The molecule has 2 aromatic heterocycles. The van der Waals surface area contributed by atoms with Gasteiger partial charge < -0.3 is 10.2 Å². The number of amides is 2. The summed E-state index contributed by atoms with van der Waals surface area (Å²) in [6, 6.07) is 1.84. The first-order valence-corrected chi connectivity index (χ1v) is 7.72. The molecule has 0 aliphatic heterocycles. The normalized spacial score (nSPS) is 10.3. The first-order valence-electron chi connectivity index (χ1n) is 5.96. The zero-order valence-electron chi connectivity index (χ0n) is 11.5. The van der Waals surface area contributed by atoms with E-state index in [4.69, 9.17) is 0 Å². The molecule has 0 atom stereocenters. The minimum Gasteiger partial charge on any atom is -0.359 e. The molecule has 5 nitrogen and oxygen atoms in total. The van der Waals surface area contributed by atoms with Crippen molar-refractivity contribution in [3.8, 4) is 10.6 Å². The highest BCUT2D eigenvalue weighted by molar-refractivity contribution is 7.14. The number of rotatable bonds is 4. The average Bonchev–Trinajstić information content (AvgIpc) is 3.05. The SMILES string of the molecule is CNC(=O)Cc1nc(-c2cc(C(=O)N(C)C)cs2)cs1. The summed E-state index contributed by atoms with van der Waals surface area (Å²) < 4.78 is 0. The predicted molar refractivity (Wildman–Crippen MR) is 81.2 cm³/mol. The van der Waals surface area contributed by atoms with Gasteiger partial charge in [-0.3, -0.25) is 9.59 Å². The number of thiazole rings is 1. The summed E-state index contributed by atoms with van der Waals surface area (Å²) in [5, 5.41) is 7.09. The Morgan fingerprint density at radius 3 is 2.70 bits per heavy atom. The Labute approximate surface area is 125 Å². The second-order valence-corrected chi connectivity index (χ2v) is 6.23. The van der Waals surface area contributed by atoms with Crippen LogP contribution in [0.5, 0.6) is 0 Å². The third-order valence-electron chi connectivity index (χ3n) is 2.65. The second kappa shape index (κ2) is 6.15. The van der Waals surface area contributed by atoms with E-state index < -0.39 is 0 Å². The summed E-state index contributed by atoms with van der Waals surface area (Å²) in [7, 11) is 5.06. The molecule has 2 amide bonds. The standard InChI is InChI=1S/C13H15N3O2S2/c1-14-11(17)5-12-15-9(7-20-12)10-4-8(6-19-10)13(18)16(2)3/h4,6-7H,5H2,1-3H3,(H,14,17). The molecule has 0 bridgehead atoms. The summed E-state index contributed by atoms with van der Waals surface area (Å²) in [4.78, 5) is 30.1. The highest BCUT2D eigenvalue weighted by Gasteiger charge is 2.14. The molecule has 106 valence electrons. The lowest BCUT2D eigenvalue weighted by molar-refractivity contribution is -0.119. The van der Waals surface area contributed by atoms with E-state index in [0.29, 0.717) is 5.56 Å². The quantitative estimate of drug-likeness (QED) is 0.937. The van der Waals surface area contributed by atoms with Gasteiger partial charge in [-0.25, -0.2) is 4.98 Å². The number of hydrogen-bond acceptors (Lipinski definition) is 5. The Morgan fingerprint density at radius 2 is 2.05 bits per heavy atom. The van der Waals surface area contributed by atoms with Crippen LogP contribution in [0.2, 0.25) is 0 Å². The smallest absolute Gasteiger partial charge is 0.254 e. The molecule has 0 unspecified atom stereocenters. The highest BCUT2D eigenvalue weighted by atomic mass is 32.1. The number of nitrogens with one attached hydrogen (secondary N) is 1. The number of carbonyl (C=O) groups excluding carboxylic acids is 2. The summed E-state index contributed by atoms with van der Waals surface area (Å²) in [5.74, 6) is -0.0751. The van der Waals surface area contributed by atoms with E-state index in [0.717, 1.165) is 15.6 Å². The molecule has 0 aromatic carbocycles. The molecule has 0 radical (unpaired) electrons. The number of likely N-dealkylation sites (N-methyl/N-ethyl adjacent to an activating group) is 1. The number of nitrogens with zero attached hydrogens (tertiary/aromatic N) is 2. The van der Waals surface area contributed by atoms with E-state index >= 15 is 0 Å². The molecule has 7 heteroatoms. The molecular formula is C13H15N3O2S2. The monoisotopic (exact) mass is 309 g/mol. The largest absolute Gasteiger partial charge is 0.359 e. The van der Waals surface area contributed by atoms with E-state index in [1.807, 2.05) is 16.8 Å². The van der Waals surface area contributed by atoms with Crippen molar-refractivity contribution in [2.24, 2.45) is 0 Å². The van der Waals surface area contributed by atoms with Gasteiger partial charge in [-0.15, -0.1) is 22.7 Å². The summed E-state index contributed by atoms with van der Waals surface area (Å²) in [6.07, 6.45) is 0.288. The van der Waals surface area contributed by atoms with Crippen molar-refractivity contribution in [2.45, 2.75) is 6.42 Å². The first-order chi connectivity index (χ1) is 9.51. The van der Waals surface area contributed by atoms with Gasteiger partial charge in [0.15, 0.2) is 0 Å². The minimum absolute atomic E-state index is 0.0201. The predicted octanol–water partition coefficient (Wildman–Crippen LogP) is 1.86. The Kier molecular flexibility index (Phi) is 4.51. The van der Waals surface area contributed by atoms with Gasteiger partial charge >= 0.3 is 0 Å². The van der Waals surface area contributed by atoms with Gasteiger partial charge in [-0.2, -0.15) is 0 Å². The van der Waals surface area contributed by atoms with E-state index in [1.165, 1.54) is 22.7 Å². The van der Waals surface area contributed by atoms with Gasteiger partial charge in [0.1, 0.15) is 5.01 Å². The summed E-state index contributed by atoms with van der Waals surface area (Å²) >= 11 is 2.93. The molecule has 0 saturated heterocycles. The molecule has 1 N–H and O–H groups in total. The van der Waals surface area contributed by atoms with Crippen molar-refractivity contribution in [3.05, 3.63) is 27.4 Å². The van der Waals surface area contributed by atoms with Crippen molar-refractivity contribution < 1.29 is 9.59 Å². The van der Waals surface area contributed by atoms with Gasteiger partial charge in [0.05, 0.1) is 22.6 Å². The van der Waals surface area contributed by atoms with Gasteiger partial charge in [-0.05, 0) is 6.07 Å². The van der Waals surface area contributed by atoms with Crippen LogP contribution in [0.25, 0.3) is 10.6 Å². The van der Waals surface area contributed by atoms with Crippen molar-refractivity contribution in [1.82, 2.24) is 15.2 Å². The maximum Gasteiger partial charge on any atom is 0.254 e. The Hall–Kier alpha value is -1.73. The molecule has 0 fully saturated rings. The van der Waals surface area contributed by atoms with Gasteiger partial charge in [-0.1, -0.05) is 0 Å². The fraction of sp³-hybridized carbons (Fsp3) is 0.308. The fourth-order valence-corrected chi connectivity index (χ4v) is 3.28. The minimum atomic E-state index is -0.0550. The third-order valence-corrected chi connectivity index (χ3v) is 4.45. The lowest BCUT2D eigenvalue weighted by Crippen LogP contribution is -2.20. The molecule has 2 heterocycles.